The first kappa shape index (κ1) is 86.1. The summed E-state index contributed by atoms with van der Waals surface area (Å²) in [4.78, 5) is 160. The lowest BCUT2D eigenvalue weighted by atomic mass is 10.0. The van der Waals surface area contributed by atoms with Gasteiger partial charge in [0.15, 0.2) is 11.9 Å². The Hall–Kier alpha value is -6.90. The van der Waals surface area contributed by atoms with Crippen molar-refractivity contribution < 1.29 is 96.2 Å². The van der Waals surface area contributed by atoms with E-state index in [1.165, 1.54) is 9.80 Å². The Kier molecular flexibility index (Phi) is 36.8. The first-order chi connectivity index (χ1) is 43.7. The maximum atomic E-state index is 14.0. The molecule has 0 aromatic heterocycles. The normalized spacial score (nSPS) is 13.8. The fourth-order valence-corrected chi connectivity index (χ4v) is 9.31. The second-order valence-corrected chi connectivity index (χ2v) is 29.7. The molecule has 0 aliphatic carbocycles. The average molecular weight is 1350 g/mol. The van der Waals surface area contributed by atoms with Gasteiger partial charge in [0, 0.05) is 44.5 Å². The van der Waals surface area contributed by atoms with Crippen LogP contribution in [0.15, 0.2) is 24.3 Å². The second-order valence-electron chi connectivity index (χ2n) is 29.7. The van der Waals surface area contributed by atoms with Crippen molar-refractivity contribution in [3.8, 4) is 0 Å². The quantitative estimate of drug-likeness (QED) is 0.0189. The molecule has 5 atom stereocenters. The van der Waals surface area contributed by atoms with Gasteiger partial charge in [-0.25, -0.2) is 0 Å². The fourth-order valence-electron chi connectivity index (χ4n) is 9.31. The van der Waals surface area contributed by atoms with Crippen LogP contribution in [0.3, 0.4) is 0 Å². The monoisotopic (exact) mass is 1350 g/mol. The summed E-state index contributed by atoms with van der Waals surface area (Å²) in [6.07, 6.45) is -0.251. The van der Waals surface area contributed by atoms with Crippen LogP contribution in [0.4, 0.5) is 0 Å². The number of aryl methyl sites for hydroxylation is 1. The van der Waals surface area contributed by atoms with Gasteiger partial charge in [0.05, 0.1) is 26.2 Å². The van der Waals surface area contributed by atoms with E-state index in [9.17, 15) is 67.7 Å². The Morgan fingerprint density at radius 3 is 1.18 bits per heavy atom. The van der Waals surface area contributed by atoms with E-state index in [0.29, 0.717) is 50.4 Å². The zero-order valence-corrected chi connectivity index (χ0v) is 60.0. The van der Waals surface area contributed by atoms with Gasteiger partial charge in [-0.15, -0.1) is 0 Å². The number of carbonyl (C=O) groups excluding carboxylic acids is 12. The minimum Gasteiger partial charge on any atom is -0.459 e. The van der Waals surface area contributed by atoms with E-state index in [1.54, 1.807) is 149 Å². The van der Waals surface area contributed by atoms with Crippen molar-refractivity contribution in [2.45, 2.75) is 285 Å². The van der Waals surface area contributed by atoms with Crippen LogP contribution in [-0.2, 0) is 87.6 Å². The van der Waals surface area contributed by atoms with Crippen LogP contribution >= 0.6 is 0 Å². The van der Waals surface area contributed by atoms with Crippen molar-refractivity contribution >= 4 is 71.5 Å². The number of esters is 6. The molecule has 1 aromatic carbocycles. The van der Waals surface area contributed by atoms with Crippen molar-refractivity contribution in [1.29, 1.82) is 0 Å². The minimum absolute atomic E-state index is 0.0109. The highest BCUT2D eigenvalue weighted by Crippen LogP contribution is 2.22. The summed E-state index contributed by atoms with van der Waals surface area (Å²) < 4.78 is 33.7. The summed E-state index contributed by atoms with van der Waals surface area (Å²) in [7, 11) is 0. The highest BCUT2D eigenvalue weighted by atomic mass is 16.6. The molecule has 0 spiro atoms. The summed E-state index contributed by atoms with van der Waals surface area (Å²) in [5.74, 6) is -7.30. The van der Waals surface area contributed by atoms with Crippen LogP contribution < -0.4 is 21.3 Å². The topological polar surface area (TPSA) is 355 Å². The molecule has 0 saturated carbocycles. The molecule has 1 rings (SSSR count). The lowest BCUT2D eigenvalue weighted by Crippen LogP contribution is -2.50. The molecule has 95 heavy (non-hydrogen) atoms. The molecule has 0 aliphatic heterocycles. The third kappa shape index (κ3) is 41.6. The summed E-state index contributed by atoms with van der Waals surface area (Å²) in [6, 6.07) is 3.11. The number of aldehydes is 1. The molecule has 6 N–H and O–H groups in total. The van der Waals surface area contributed by atoms with E-state index in [1.807, 2.05) is 0 Å². The highest BCUT2D eigenvalue weighted by molar-refractivity contribution is 5.92. The summed E-state index contributed by atoms with van der Waals surface area (Å²) in [5, 5.41) is 31.7. The maximum Gasteiger partial charge on any atom is 0.323 e. The number of hydrogen-bond acceptors (Lipinski definition) is 22. The number of Topliss-reactive ketones (excluding diaryl/α,β-unsaturated/α-hetero) is 1. The van der Waals surface area contributed by atoms with Crippen LogP contribution in [0.2, 0.25) is 0 Å². The Bertz CT molecular complexity index is 2600. The van der Waals surface area contributed by atoms with Crippen molar-refractivity contribution in [2.24, 2.45) is 0 Å². The maximum absolute atomic E-state index is 14.0. The van der Waals surface area contributed by atoms with Crippen LogP contribution in [0.1, 0.15) is 230 Å². The van der Waals surface area contributed by atoms with Crippen molar-refractivity contribution in [3.05, 3.63) is 35.4 Å². The molecular weight excluding hydrogens is 1230 g/mol. The van der Waals surface area contributed by atoms with E-state index in [2.05, 4.69) is 21.3 Å². The Labute approximate surface area is 562 Å². The summed E-state index contributed by atoms with van der Waals surface area (Å²) >= 11 is 0. The Morgan fingerprint density at radius 1 is 0.421 bits per heavy atom. The number of nitrogens with zero attached hydrogens (tertiary/aromatic N) is 2. The van der Waals surface area contributed by atoms with Gasteiger partial charge in [0.1, 0.15) is 64.1 Å². The van der Waals surface area contributed by atoms with E-state index >= 15 is 0 Å². The predicted molar refractivity (Wildman–Crippen MR) is 354 cm³/mol. The van der Waals surface area contributed by atoms with Crippen molar-refractivity contribution in [1.82, 2.24) is 31.1 Å². The molecule has 0 saturated heterocycles. The number of ether oxygens (including phenoxy) is 6. The largest absolute Gasteiger partial charge is 0.459 e. The van der Waals surface area contributed by atoms with Gasteiger partial charge in [-0.3, -0.25) is 67.3 Å². The number of rotatable bonds is 41. The standard InChI is InChI=1S/C69H114N6O20/c1-64(2,3)90-54(80)41-74(42-55(81)91-65(4,5)6)49(62(88)94-68(13,14)15)27-22-25-38-70-52(78)37-35-48(73-53(79)29-21-19-20-24-39-72-61(87)59(85)58(84)51(77)36-34-46-30-32-47(45-76)33-31-46)60(86)71-40-26-23-28-50(63(89)95-69(16,17)18)75(43-56(82)92-66(7,8)9)44-57(83)93-67(10,11)12/h30-33,45,48-50,58-59,84-85H,19-29,34-44H2,1-18H3,(H,70,78)(H,71,86)(H,72,87)(H,73,79). The second kappa shape index (κ2) is 40.6. The third-order valence-electron chi connectivity index (χ3n) is 13.3. The number of ketones is 1. The Morgan fingerprint density at radius 2 is 0.789 bits per heavy atom. The van der Waals surface area contributed by atoms with Crippen LogP contribution in [0, 0.1) is 0 Å². The predicted octanol–water partition coefficient (Wildman–Crippen LogP) is 6.02. The van der Waals surface area contributed by atoms with Gasteiger partial charge in [-0.05, 0) is 194 Å². The first-order valence-corrected chi connectivity index (χ1v) is 33.0. The number of amides is 4. The van der Waals surface area contributed by atoms with Gasteiger partial charge in [0.2, 0.25) is 17.7 Å². The molecule has 0 heterocycles. The van der Waals surface area contributed by atoms with Gasteiger partial charge in [0.25, 0.3) is 5.91 Å². The van der Waals surface area contributed by atoms with Gasteiger partial charge in [-0.2, -0.15) is 0 Å². The van der Waals surface area contributed by atoms with Crippen LogP contribution in [0.5, 0.6) is 0 Å². The van der Waals surface area contributed by atoms with Gasteiger partial charge < -0.3 is 59.9 Å². The summed E-state index contributed by atoms with van der Waals surface area (Å²) in [6.45, 7) is 28.9. The molecule has 540 valence electrons. The number of aliphatic hydroxyl groups excluding tert-OH is 2. The minimum atomic E-state index is -1.99. The van der Waals surface area contributed by atoms with E-state index in [4.69, 9.17) is 28.4 Å². The summed E-state index contributed by atoms with van der Waals surface area (Å²) in [5.41, 5.74) is -4.13. The van der Waals surface area contributed by atoms with Crippen molar-refractivity contribution in [3.63, 3.8) is 0 Å². The van der Waals surface area contributed by atoms with Crippen LogP contribution in [-0.4, -0.2) is 201 Å². The number of aliphatic hydroxyl groups is 2. The van der Waals surface area contributed by atoms with Gasteiger partial charge in [-0.1, -0.05) is 37.1 Å². The lowest BCUT2D eigenvalue weighted by Gasteiger charge is -2.33. The molecule has 1 aromatic rings. The number of nitrogens with one attached hydrogen (secondary N) is 4. The molecule has 0 radical (unpaired) electrons. The zero-order valence-electron chi connectivity index (χ0n) is 60.0. The molecule has 26 nitrogen and oxygen atoms in total. The number of unbranched alkanes of at least 4 members (excludes halogenated alkanes) is 5. The van der Waals surface area contributed by atoms with E-state index < -0.39 is 155 Å². The van der Waals surface area contributed by atoms with E-state index in [-0.39, 0.29) is 77.4 Å². The molecule has 0 fully saturated rings. The van der Waals surface area contributed by atoms with Gasteiger partial charge >= 0.3 is 35.8 Å². The molecular formula is C69H114N6O20. The highest BCUT2D eigenvalue weighted by Gasteiger charge is 2.37. The van der Waals surface area contributed by atoms with Crippen LogP contribution in [0.25, 0.3) is 0 Å². The molecule has 4 amide bonds. The Balaban J connectivity index is 3.24. The zero-order chi connectivity index (χ0) is 72.7. The molecule has 5 unspecified atom stereocenters. The SMILES string of the molecule is CC(C)(C)OC(=O)CN(CC(=O)OC(C)(C)C)C(CCCCNC(=O)CCC(NC(=O)CCCCCCNC(=O)C(O)C(O)C(=O)CCc1ccc(C=O)cc1)C(=O)NCCCCC(C(=O)OC(C)(C)C)N(CC(=O)OC(C)(C)C)CC(=O)OC(C)(C)C)C(=O)OC(C)(C)C. The fraction of sp³-hybridized carbons (Fsp3) is 0.739. The molecule has 0 aliphatic rings. The lowest BCUT2D eigenvalue weighted by molar-refractivity contribution is -0.171. The molecule has 26 heteroatoms. The van der Waals surface area contributed by atoms with E-state index in [0.717, 1.165) is 5.56 Å². The number of hydrogen-bond donors (Lipinski definition) is 6. The van der Waals surface area contributed by atoms with Crippen molar-refractivity contribution in [2.75, 3.05) is 45.8 Å². The first-order valence-electron chi connectivity index (χ1n) is 33.0. The number of carbonyl (C=O) groups is 12. The smallest absolute Gasteiger partial charge is 0.323 e. The number of benzene rings is 1. The third-order valence-corrected chi connectivity index (χ3v) is 13.3. The average Bonchev–Trinajstić information content (AvgIpc) is 0.867. The molecule has 0 bridgehead atoms.